The molecule has 1 fully saturated rings. The summed E-state index contributed by atoms with van der Waals surface area (Å²) in [6.07, 6.45) is 1.64. The molecular weight excluding hydrogens is 174 g/mol. The number of rotatable bonds is 0. The Morgan fingerprint density at radius 3 is 2.83 bits per heavy atom. The highest BCUT2D eigenvalue weighted by Gasteiger charge is 2.22. The molecule has 0 aromatic carbocycles. The van der Waals surface area contributed by atoms with Crippen molar-refractivity contribution in [2.24, 2.45) is 11.7 Å². The van der Waals surface area contributed by atoms with E-state index in [0.29, 0.717) is 12.3 Å². The highest BCUT2D eigenvalue weighted by molar-refractivity contribution is 7.91. The van der Waals surface area contributed by atoms with Crippen molar-refractivity contribution >= 4 is 9.84 Å². The lowest BCUT2D eigenvalue weighted by molar-refractivity contribution is 0.549. The molecule has 1 aliphatic heterocycles. The van der Waals surface area contributed by atoms with Gasteiger partial charge < -0.3 is 5.73 Å². The van der Waals surface area contributed by atoms with Crippen LogP contribution in [0.3, 0.4) is 0 Å². The molecular formula is C8H13NO2S. The minimum atomic E-state index is -2.81. The molecule has 1 saturated heterocycles. The fraction of sp³-hybridized carbons (Fsp3) is 0.750. The van der Waals surface area contributed by atoms with Gasteiger partial charge >= 0.3 is 0 Å². The van der Waals surface area contributed by atoms with Crippen molar-refractivity contribution in [3.63, 3.8) is 0 Å². The molecule has 12 heavy (non-hydrogen) atoms. The van der Waals surface area contributed by atoms with E-state index in [4.69, 9.17) is 5.73 Å². The summed E-state index contributed by atoms with van der Waals surface area (Å²) in [6, 6.07) is 0. The molecule has 0 aliphatic carbocycles. The van der Waals surface area contributed by atoms with E-state index in [9.17, 15) is 8.42 Å². The molecule has 1 rings (SSSR count). The Kier molecular flexibility index (Phi) is 3.12. The van der Waals surface area contributed by atoms with Crippen molar-refractivity contribution in [1.29, 1.82) is 0 Å². The van der Waals surface area contributed by atoms with Crippen LogP contribution in [0, 0.1) is 17.8 Å². The Hall–Kier alpha value is -0.530. The Balaban J connectivity index is 2.58. The summed E-state index contributed by atoms with van der Waals surface area (Å²) in [7, 11) is -2.81. The maximum absolute atomic E-state index is 11.1. The van der Waals surface area contributed by atoms with Crippen LogP contribution in [0.5, 0.6) is 0 Å². The molecule has 2 N–H and O–H groups in total. The summed E-state index contributed by atoms with van der Waals surface area (Å²) in [6.45, 7) is 0.316. The smallest absolute Gasteiger partial charge is 0.151 e. The molecule has 0 radical (unpaired) electrons. The molecule has 1 unspecified atom stereocenters. The molecule has 0 aromatic heterocycles. The Morgan fingerprint density at radius 2 is 2.25 bits per heavy atom. The van der Waals surface area contributed by atoms with Gasteiger partial charge in [0.15, 0.2) is 9.84 Å². The van der Waals surface area contributed by atoms with Crippen LogP contribution >= 0.6 is 0 Å². The SMILES string of the molecule is NCC#CC1CCCS(=O)(=O)C1. The molecule has 3 nitrogen and oxygen atoms in total. The lowest BCUT2D eigenvalue weighted by Gasteiger charge is -2.16. The van der Waals surface area contributed by atoms with Crippen LogP contribution < -0.4 is 5.73 Å². The van der Waals surface area contributed by atoms with Gasteiger partial charge in [-0.1, -0.05) is 11.8 Å². The first-order chi connectivity index (χ1) is 5.64. The third kappa shape index (κ3) is 2.84. The highest BCUT2D eigenvalue weighted by atomic mass is 32.2. The van der Waals surface area contributed by atoms with E-state index < -0.39 is 9.84 Å². The average molecular weight is 187 g/mol. The van der Waals surface area contributed by atoms with E-state index in [-0.39, 0.29) is 11.7 Å². The van der Waals surface area contributed by atoms with Crippen LogP contribution in [0.15, 0.2) is 0 Å². The van der Waals surface area contributed by atoms with Gasteiger partial charge in [-0.05, 0) is 12.8 Å². The van der Waals surface area contributed by atoms with E-state index in [1.165, 1.54) is 0 Å². The number of nitrogens with two attached hydrogens (primary N) is 1. The Bertz CT molecular complexity index is 297. The minimum absolute atomic E-state index is 0.0206. The third-order valence-corrected chi connectivity index (χ3v) is 3.69. The summed E-state index contributed by atoms with van der Waals surface area (Å²) in [4.78, 5) is 0. The van der Waals surface area contributed by atoms with Gasteiger partial charge in [0.25, 0.3) is 0 Å². The van der Waals surface area contributed by atoms with Crippen molar-refractivity contribution in [3.8, 4) is 11.8 Å². The highest BCUT2D eigenvalue weighted by Crippen LogP contribution is 2.16. The molecule has 1 atom stereocenters. The standard InChI is InChI=1S/C8H13NO2S/c9-5-1-3-8-4-2-6-12(10,11)7-8/h8H,2,4-7,9H2. The van der Waals surface area contributed by atoms with Crippen LogP contribution in [0.1, 0.15) is 12.8 Å². The first kappa shape index (κ1) is 9.56. The van der Waals surface area contributed by atoms with Crippen LogP contribution in [-0.2, 0) is 9.84 Å². The average Bonchev–Trinajstić information content (AvgIpc) is 1.99. The van der Waals surface area contributed by atoms with Gasteiger partial charge in [0.2, 0.25) is 0 Å². The molecule has 0 saturated carbocycles. The maximum Gasteiger partial charge on any atom is 0.151 e. The van der Waals surface area contributed by atoms with Gasteiger partial charge in [-0.15, -0.1) is 0 Å². The molecule has 1 aliphatic rings. The maximum atomic E-state index is 11.1. The largest absolute Gasteiger partial charge is 0.320 e. The molecule has 68 valence electrons. The molecule has 4 heteroatoms. The number of hydrogen-bond donors (Lipinski definition) is 1. The second-order valence-corrected chi connectivity index (χ2v) is 5.21. The van der Waals surface area contributed by atoms with Gasteiger partial charge in [0.1, 0.15) is 0 Å². The lowest BCUT2D eigenvalue weighted by Crippen LogP contribution is -2.24. The first-order valence-electron chi connectivity index (χ1n) is 4.03. The van der Waals surface area contributed by atoms with E-state index in [2.05, 4.69) is 11.8 Å². The minimum Gasteiger partial charge on any atom is -0.320 e. The van der Waals surface area contributed by atoms with Crippen molar-refractivity contribution < 1.29 is 8.42 Å². The summed E-state index contributed by atoms with van der Waals surface area (Å²) in [5.74, 6) is 6.16. The van der Waals surface area contributed by atoms with Gasteiger partial charge in [-0.3, -0.25) is 0 Å². The quantitative estimate of drug-likeness (QED) is 0.533. The summed E-state index contributed by atoms with van der Waals surface area (Å²) in [5.41, 5.74) is 5.19. The zero-order valence-corrected chi connectivity index (χ0v) is 7.73. The monoisotopic (exact) mass is 187 g/mol. The fourth-order valence-electron chi connectivity index (χ4n) is 1.34. The predicted octanol–water partition coefficient (Wildman–Crippen LogP) is -0.227. The Morgan fingerprint density at radius 1 is 1.50 bits per heavy atom. The van der Waals surface area contributed by atoms with Crippen molar-refractivity contribution in [3.05, 3.63) is 0 Å². The predicted molar refractivity (Wildman–Crippen MR) is 48.2 cm³/mol. The lowest BCUT2D eigenvalue weighted by atomic mass is 10.1. The zero-order chi connectivity index (χ0) is 9.03. The molecule has 0 amide bonds. The molecule has 0 bridgehead atoms. The summed E-state index contributed by atoms with van der Waals surface area (Å²) < 4.78 is 22.3. The molecule has 0 aromatic rings. The Labute approximate surface area is 73.3 Å². The van der Waals surface area contributed by atoms with Gasteiger partial charge in [0.05, 0.1) is 18.1 Å². The van der Waals surface area contributed by atoms with Crippen LogP contribution in [0.2, 0.25) is 0 Å². The number of sulfone groups is 1. The van der Waals surface area contributed by atoms with Crippen molar-refractivity contribution in [2.45, 2.75) is 12.8 Å². The van der Waals surface area contributed by atoms with E-state index >= 15 is 0 Å². The topological polar surface area (TPSA) is 60.2 Å². The molecule has 0 spiro atoms. The van der Waals surface area contributed by atoms with Crippen LogP contribution in [0.25, 0.3) is 0 Å². The second kappa shape index (κ2) is 3.92. The van der Waals surface area contributed by atoms with E-state index in [0.717, 1.165) is 12.8 Å². The van der Waals surface area contributed by atoms with Gasteiger partial charge in [-0.25, -0.2) is 8.42 Å². The zero-order valence-electron chi connectivity index (χ0n) is 6.91. The third-order valence-electron chi connectivity index (χ3n) is 1.87. The first-order valence-corrected chi connectivity index (χ1v) is 5.85. The molecule has 1 heterocycles. The fourth-order valence-corrected chi connectivity index (χ4v) is 2.98. The number of hydrogen-bond acceptors (Lipinski definition) is 3. The summed E-state index contributed by atoms with van der Waals surface area (Å²) in [5, 5.41) is 0. The van der Waals surface area contributed by atoms with E-state index in [1.807, 2.05) is 0 Å². The van der Waals surface area contributed by atoms with Crippen molar-refractivity contribution in [2.75, 3.05) is 18.1 Å². The second-order valence-electron chi connectivity index (χ2n) is 2.98. The normalized spacial score (nSPS) is 27.2. The summed E-state index contributed by atoms with van der Waals surface area (Å²) >= 11 is 0. The van der Waals surface area contributed by atoms with Crippen LogP contribution in [-0.4, -0.2) is 26.5 Å². The van der Waals surface area contributed by atoms with Gasteiger partial charge in [-0.2, -0.15) is 0 Å². The van der Waals surface area contributed by atoms with Crippen molar-refractivity contribution in [1.82, 2.24) is 0 Å². The van der Waals surface area contributed by atoms with E-state index in [1.54, 1.807) is 0 Å². The van der Waals surface area contributed by atoms with Crippen LogP contribution in [0.4, 0.5) is 0 Å². The van der Waals surface area contributed by atoms with Gasteiger partial charge in [0, 0.05) is 5.92 Å².